The highest BCUT2D eigenvalue weighted by atomic mass is 35.5. The van der Waals surface area contributed by atoms with Crippen molar-refractivity contribution in [2.24, 2.45) is 0 Å². The summed E-state index contributed by atoms with van der Waals surface area (Å²) in [6, 6.07) is 9.98. The smallest absolute Gasteiger partial charge is 0.180 e. The highest BCUT2D eigenvalue weighted by Gasteiger charge is 2.13. The topological polar surface area (TPSA) is 43.0 Å². The molecule has 1 aliphatic rings. The molecule has 0 aliphatic carbocycles. The number of rotatable bonds is 9. The maximum atomic E-state index is 13.0. The van der Waals surface area contributed by atoms with Crippen molar-refractivity contribution >= 4 is 11.6 Å². The van der Waals surface area contributed by atoms with Gasteiger partial charge in [0.25, 0.3) is 0 Å². The summed E-state index contributed by atoms with van der Waals surface area (Å²) >= 11 is 6.42. The first kappa shape index (κ1) is 26.8. The second-order valence-electron chi connectivity index (χ2n) is 6.65. The molecule has 0 spiro atoms. The van der Waals surface area contributed by atoms with Crippen LogP contribution in [0.2, 0.25) is 5.02 Å². The van der Waals surface area contributed by atoms with Gasteiger partial charge in [0.1, 0.15) is 12.4 Å². The molecule has 30 heavy (non-hydrogen) atoms. The summed E-state index contributed by atoms with van der Waals surface area (Å²) in [6.45, 7) is 6.46. The van der Waals surface area contributed by atoms with Crippen LogP contribution in [0.15, 0.2) is 36.4 Å². The maximum Gasteiger partial charge on any atom is 0.180 e. The van der Waals surface area contributed by atoms with E-state index in [1.54, 1.807) is 19.2 Å². The normalized spacial score (nSPS) is 13.8. The van der Waals surface area contributed by atoms with Gasteiger partial charge in [-0.1, -0.05) is 23.7 Å². The average Bonchev–Trinajstić information content (AvgIpc) is 2.72. The molecule has 0 radical (unpaired) electrons. The zero-order valence-corrected chi connectivity index (χ0v) is 19.1. The van der Waals surface area contributed by atoms with Gasteiger partial charge in [-0.15, -0.1) is 0 Å². The van der Waals surface area contributed by atoms with Gasteiger partial charge in [0.2, 0.25) is 0 Å². The number of benzene rings is 2. The summed E-state index contributed by atoms with van der Waals surface area (Å²) in [5.41, 5.74) is 1.88. The molecular weight excluding hydrogens is 454 g/mol. The fraction of sp³-hybridized carbons (Fsp3) is 0.429. The molecule has 0 atom stereocenters. The molecule has 1 fully saturated rings. The second-order valence-corrected chi connectivity index (χ2v) is 7.06. The van der Waals surface area contributed by atoms with Crippen LogP contribution in [-0.4, -0.2) is 51.4 Å². The predicted molar refractivity (Wildman–Crippen MR) is 108 cm³/mol. The molecule has 0 unspecified atom stereocenters. The monoisotopic (exact) mass is 478 g/mol. The number of nitrogens with zero attached hydrogens (tertiary/aromatic N) is 1. The molecule has 0 bridgehead atoms. The van der Waals surface area contributed by atoms with Crippen molar-refractivity contribution in [1.82, 2.24) is 10.2 Å². The Morgan fingerprint density at radius 1 is 1.10 bits per heavy atom. The molecule has 0 amide bonds. The number of morpholine rings is 1. The standard InChI is InChI=1S/C21H26ClFN2O3.2ClH/c1-26-20-13-17(14-24-6-7-25-8-10-27-11-9-25)12-19(22)21(20)28-15-16-2-4-18(23)5-3-16;;/h2-5,12-13,24H,6-11,14-15H2,1H3;2*1H/p-2. The Bertz CT molecular complexity index is 760. The van der Waals surface area contributed by atoms with Crippen LogP contribution in [0.3, 0.4) is 0 Å². The summed E-state index contributed by atoms with van der Waals surface area (Å²) in [4.78, 5) is 2.39. The van der Waals surface area contributed by atoms with Crippen LogP contribution >= 0.6 is 11.6 Å². The second kappa shape index (κ2) is 13.9. The molecule has 9 heteroatoms. The fourth-order valence-corrected chi connectivity index (χ4v) is 3.33. The zero-order chi connectivity index (χ0) is 19.8. The molecule has 2 aromatic rings. The van der Waals surface area contributed by atoms with E-state index in [1.807, 2.05) is 12.1 Å². The Hall–Kier alpha value is -1.28. The van der Waals surface area contributed by atoms with Crippen molar-refractivity contribution in [1.29, 1.82) is 0 Å². The van der Waals surface area contributed by atoms with Gasteiger partial charge in [-0.2, -0.15) is 0 Å². The first-order chi connectivity index (χ1) is 13.7. The van der Waals surface area contributed by atoms with E-state index < -0.39 is 0 Å². The van der Waals surface area contributed by atoms with Crippen molar-refractivity contribution in [2.45, 2.75) is 13.2 Å². The highest BCUT2D eigenvalue weighted by molar-refractivity contribution is 6.32. The third-order valence-electron chi connectivity index (χ3n) is 4.62. The predicted octanol–water partition coefficient (Wildman–Crippen LogP) is -2.50. The van der Waals surface area contributed by atoms with E-state index >= 15 is 0 Å². The summed E-state index contributed by atoms with van der Waals surface area (Å²) in [5.74, 6) is 0.801. The molecular formula is C21H26Cl3FN2O3-2. The van der Waals surface area contributed by atoms with Crippen molar-refractivity contribution < 1.29 is 43.4 Å². The van der Waals surface area contributed by atoms with Gasteiger partial charge in [-0.05, 0) is 35.4 Å². The maximum absolute atomic E-state index is 13.0. The van der Waals surface area contributed by atoms with Crippen LogP contribution in [0.1, 0.15) is 11.1 Å². The molecule has 1 heterocycles. The molecule has 2 aromatic carbocycles. The Morgan fingerprint density at radius 3 is 2.47 bits per heavy atom. The molecule has 3 rings (SSSR count). The van der Waals surface area contributed by atoms with Gasteiger partial charge in [0.15, 0.2) is 11.5 Å². The first-order valence-electron chi connectivity index (χ1n) is 9.40. The lowest BCUT2D eigenvalue weighted by molar-refractivity contribution is -0.00100. The molecule has 0 aromatic heterocycles. The lowest BCUT2D eigenvalue weighted by Crippen LogP contribution is -3.00. The number of nitrogens with one attached hydrogen (secondary N) is 1. The largest absolute Gasteiger partial charge is 1.00 e. The van der Waals surface area contributed by atoms with Gasteiger partial charge >= 0.3 is 0 Å². The summed E-state index contributed by atoms with van der Waals surface area (Å²) < 4.78 is 29.7. The van der Waals surface area contributed by atoms with E-state index in [9.17, 15) is 4.39 Å². The number of ether oxygens (including phenoxy) is 3. The number of methoxy groups -OCH3 is 1. The van der Waals surface area contributed by atoms with E-state index in [-0.39, 0.29) is 37.2 Å². The van der Waals surface area contributed by atoms with Crippen molar-refractivity contribution in [2.75, 3.05) is 46.5 Å². The van der Waals surface area contributed by atoms with Crippen LogP contribution < -0.4 is 39.6 Å². The third kappa shape index (κ3) is 8.10. The Morgan fingerprint density at radius 2 is 1.80 bits per heavy atom. The average molecular weight is 480 g/mol. The summed E-state index contributed by atoms with van der Waals surface area (Å²) in [5, 5.41) is 3.93. The van der Waals surface area contributed by atoms with Crippen molar-refractivity contribution in [3.8, 4) is 11.5 Å². The lowest BCUT2D eigenvalue weighted by Gasteiger charge is -2.26. The molecule has 1 aliphatic heterocycles. The van der Waals surface area contributed by atoms with E-state index in [2.05, 4.69) is 10.2 Å². The molecule has 1 saturated heterocycles. The first-order valence-corrected chi connectivity index (χ1v) is 9.78. The fourth-order valence-electron chi connectivity index (χ4n) is 3.05. The Kier molecular flexibility index (Phi) is 12.4. The van der Waals surface area contributed by atoms with Gasteiger partial charge in [0, 0.05) is 32.7 Å². The van der Waals surface area contributed by atoms with Crippen LogP contribution in [0.25, 0.3) is 0 Å². The minimum Gasteiger partial charge on any atom is -1.00 e. The number of halogens is 4. The highest BCUT2D eigenvalue weighted by Crippen LogP contribution is 2.37. The van der Waals surface area contributed by atoms with Gasteiger partial charge < -0.3 is 44.3 Å². The van der Waals surface area contributed by atoms with Crippen molar-refractivity contribution in [3.05, 3.63) is 58.4 Å². The molecule has 0 saturated carbocycles. The summed E-state index contributed by atoms with van der Waals surface area (Å²) in [6.07, 6.45) is 0. The number of hydrogen-bond donors (Lipinski definition) is 1. The molecule has 5 nitrogen and oxygen atoms in total. The third-order valence-corrected chi connectivity index (χ3v) is 4.90. The number of hydrogen-bond acceptors (Lipinski definition) is 5. The summed E-state index contributed by atoms with van der Waals surface area (Å²) in [7, 11) is 1.59. The van der Waals surface area contributed by atoms with Gasteiger partial charge in [-0.25, -0.2) is 4.39 Å². The van der Waals surface area contributed by atoms with Gasteiger partial charge in [0.05, 0.1) is 25.3 Å². The Balaban J connectivity index is 0.00000225. The minimum atomic E-state index is -0.273. The van der Waals surface area contributed by atoms with Crippen LogP contribution in [0, 0.1) is 5.82 Å². The molecule has 1 N–H and O–H groups in total. The van der Waals surface area contributed by atoms with Crippen LogP contribution in [0.4, 0.5) is 4.39 Å². The minimum absolute atomic E-state index is 0. The van der Waals surface area contributed by atoms with Crippen molar-refractivity contribution in [3.63, 3.8) is 0 Å². The van der Waals surface area contributed by atoms with E-state index in [0.717, 1.165) is 50.5 Å². The SMILES string of the molecule is COc1cc(CNCCN2CCOCC2)cc(Cl)c1OCc1ccc(F)cc1.[Cl-].[Cl-]. The lowest BCUT2D eigenvalue weighted by atomic mass is 10.2. The van der Waals surface area contributed by atoms with Crippen LogP contribution in [0.5, 0.6) is 11.5 Å². The zero-order valence-electron chi connectivity index (χ0n) is 16.8. The molecule has 168 valence electrons. The quantitative estimate of drug-likeness (QED) is 0.403. The van der Waals surface area contributed by atoms with E-state index in [4.69, 9.17) is 25.8 Å². The van der Waals surface area contributed by atoms with E-state index in [1.165, 1.54) is 12.1 Å². The van der Waals surface area contributed by atoms with Gasteiger partial charge in [-0.3, -0.25) is 4.90 Å². The van der Waals surface area contributed by atoms with Crippen LogP contribution in [-0.2, 0) is 17.9 Å². The van der Waals surface area contributed by atoms with E-state index in [0.29, 0.717) is 23.1 Å². The Labute approximate surface area is 194 Å².